The van der Waals surface area contributed by atoms with Crippen molar-refractivity contribution in [2.24, 2.45) is 0 Å². The zero-order chi connectivity index (χ0) is 10.1. The van der Waals surface area contributed by atoms with Gasteiger partial charge in [0, 0.05) is 0 Å². The van der Waals surface area contributed by atoms with E-state index >= 15 is 0 Å². The van der Waals surface area contributed by atoms with E-state index in [1.807, 2.05) is 0 Å². The van der Waals surface area contributed by atoms with Gasteiger partial charge in [-0.1, -0.05) is 23.2 Å². The van der Waals surface area contributed by atoms with Gasteiger partial charge < -0.3 is 5.73 Å². The van der Waals surface area contributed by atoms with Crippen molar-refractivity contribution in [2.45, 2.75) is 0 Å². The molecule has 80 valence electrons. The van der Waals surface area contributed by atoms with Crippen LogP contribution in [0.25, 0.3) is 5.69 Å². The van der Waals surface area contributed by atoms with Crippen molar-refractivity contribution in [3.63, 3.8) is 0 Å². The van der Waals surface area contributed by atoms with Gasteiger partial charge in [-0.25, -0.2) is 0 Å². The Kier molecular flexibility index (Phi) is 3.79. The first-order chi connectivity index (χ1) is 6.68. The predicted octanol–water partition coefficient (Wildman–Crippen LogP) is 2.58. The molecule has 2 aromatic rings. The zero-order valence-electron chi connectivity index (χ0n) is 7.39. The fourth-order valence-electron chi connectivity index (χ4n) is 1.05. The van der Waals surface area contributed by atoms with Crippen molar-refractivity contribution in [1.82, 2.24) is 14.8 Å². The van der Waals surface area contributed by atoms with Gasteiger partial charge in [-0.05, 0) is 12.1 Å². The quantitative estimate of drug-likeness (QED) is 0.806. The van der Waals surface area contributed by atoms with E-state index in [0.717, 1.165) is 5.69 Å². The van der Waals surface area contributed by atoms with Crippen molar-refractivity contribution < 1.29 is 0 Å². The van der Waals surface area contributed by atoms with Crippen LogP contribution in [0.5, 0.6) is 0 Å². The summed E-state index contributed by atoms with van der Waals surface area (Å²) in [4.78, 5) is 0. The summed E-state index contributed by atoms with van der Waals surface area (Å²) in [6.45, 7) is 0. The molecule has 0 unspecified atom stereocenters. The molecule has 0 atom stereocenters. The summed E-state index contributed by atoms with van der Waals surface area (Å²) in [5.41, 5.74) is 6.76. The van der Waals surface area contributed by atoms with Crippen LogP contribution in [0.1, 0.15) is 0 Å². The lowest BCUT2D eigenvalue weighted by atomic mass is 10.3. The van der Waals surface area contributed by atoms with Gasteiger partial charge in [0.05, 0.1) is 21.4 Å². The minimum absolute atomic E-state index is 0. The molecule has 0 aliphatic carbocycles. The highest BCUT2D eigenvalue weighted by atomic mass is 35.5. The van der Waals surface area contributed by atoms with E-state index in [4.69, 9.17) is 28.9 Å². The molecule has 0 aliphatic heterocycles. The molecule has 1 aromatic carbocycles. The molecule has 0 radical (unpaired) electrons. The van der Waals surface area contributed by atoms with Crippen molar-refractivity contribution in [3.8, 4) is 5.69 Å². The molecular weight excluding hydrogens is 258 g/mol. The number of benzene rings is 1. The maximum Gasteiger partial charge on any atom is 0.123 e. The van der Waals surface area contributed by atoms with E-state index < -0.39 is 0 Å². The molecule has 1 heterocycles. The van der Waals surface area contributed by atoms with Gasteiger partial charge >= 0.3 is 0 Å². The van der Waals surface area contributed by atoms with Gasteiger partial charge in [-0.2, -0.15) is 0 Å². The van der Waals surface area contributed by atoms with E-state index in [0.29, 0.717) is 15.7 Å². The number of halogens is 3. The highest BCUT2D eigenvalue weighted by Crippen LogP contribution is 2.30. The Morgan fingerprint density at radius 1 is 1.07 bits per heavy atom. The lowest BCUT2D eigenvalue weighted by Crippen LogP contribution is -1.94. The Morgan fingerprint density at radius 2 is 1.53 bits per heavy atom. The molecule has 0 aliphatic rings. The fourth-order valence-corrected chi connectivity index (χ4v) is 1.53. The number of nitrogen functional groups attached to an aromatic ring is 1. The normalized spacial score (nSPS) is 9.73. The van der Waals surface area contributed by atoms with Crippen LogP contribution in [0.4, 0.5) is 5.69 Å². The molecule has 1 aromatic heterocycles. The summed E-state index contributed by atoms with van der Waals surface area (Å²) in [5.74, 6) is 0. The Morgan fingerprint density at radius 3 is 2.00 bits per heavy atom. The molecule has 2 N–H and O–H groups in total. The van der Waals surface area contributed by atoms with Crippen LogP contribution in [0.15, 0.2) is 24.8 Å². The molecule has 4 nitrogen and oxygen atoms in total. The number of nitrogens with two attached hydrogens (primary N) is 1. The Bertz CT molecular complexity index is 432. The van der Waals surface area contributed by atoms with Gasteiger partial charge in [0.1, 0.15) is 12.7 Å². The van der Waals surface area contributed by atoms with Crippen LogP contribution in [0.2, 0.25) is 10.0 Å². The molecule has 15 heavy (non-hydrogen) atoms. The topological polar surface area (TPSA) is 56.7 Å². The Hall–Kier alpha value is -0.970. The predicted molar refractivity (Wildman–Crippen MR) is 63.0 cm³/mol. The van der Waals surface area contributed by atoms with Crippen LogP contribution >= 0.6 is 35.6 Å². The van der Waals surface area contributed by atoms with Crippen molar-refractivity contribution >= 4 is 41.3 Å². The van der Waals surface area contributed by atoms with Crippen LogP contribution in [-0.4, -0.2) is 14.8 Å². The summed E-state index contributed by atoms with van der Waals surface area (Å²) in [6.07, 6.45) is 3.11. The Labute approximate surface area is 102 Å². The summed E-state index contributed by atoms with van der Waals surface area (Å²) >= 11 is 11.7. The first-order valence-electron chi connectivity index (χ1n) is 3.78. The van der Waals surface area contributed by atoms with Crippen LogP contribution < -0.4 is 5.73 Å². The second-order valence-corrected chi connectivity index (χ2v) is 3.51. The summed E-state index contributed by atoms with van der Waals surface area (Å²) in [7, 11) is 0. The molecule has 7 heteroatoms. The van der Waals surface area contributed by atoms with Gasteiger partial charge in [0.15, 0.2) is 0 Å². The molecule has 0 saturated carbocycles. The minimum Gasteiger partial charge on any atom is -0.396 e. The molecule has 0 saturated heterocycles. The smallest absolute Gasteiger partial charge is 0.123 e. The molecule has 0 spiro atoms. The van der Waals surface area contributed by atoms with E-state index in [1.165, 1.54) is 0 Å². The van der Waals surface area contributed by atoms with E-state index in [1.54, 1.807) is 29.4 Å². The highest BCUT2D eigenvalue weighted by molar-refractivity contribution is 6.39. The summed E-state index contributed by atoms with van der Waals surface area (Å²) < 4.78 is 1.69. The maximum atomic E-state index is 5.87. The molecule has 0 amide bonds. The largest absolute Gasteiger partial charge is 0.396 e. The maximum absolute atomic E-state index is 5.87. The van der Waals surface area contributed by atoms with Crippen LogP contribution in [0.3, 0.4) is 0 Å². The number of rotatable bonds is 1. The summed E-state index contributed by atoms with van der Waals surface area (Å²) in [6, 6.07) is 3.40. The first-order valence-corrected chi connectivity index (χ1v) is 4.53. The number of hydrogen-bond donors (Lipinski definition) is 1. The molecular formula is C8H7Cl3N4. The van der Waals surface area contributed by atoms with E-state index in [9.17, 15) is 0 Å². The molecule has 0 bridgehead atoms. The lowest BCUT2D eigenvalue weighted by Gasteiger charge is -2.05. The SMILES string of the molecule is Cl.Nc1c(Cl)cc(-n2cnnc2)cc1Cl. The number of hydrogen-bond acceptors (Lipinski definition) is 3. The fraction of sp³-hybridized carbons (Fsp3) is 0. The van der Waals surface area contributed by atoms with Gasteiger partial charge in [-0.3, -0.25) is 4.57 Å². The number of anilines is 1. The van der Waals surface area contributed by atoms with Crippen molar-refractivity contribution in [2.75, 3.05) is 5.73 Å². The third-order valence-corrected chi connectivity index (χ3v) is 2.41. The van der Waals surface area contributed by atoms with E-state index in [-0.39, 0.29) is 12.4 Å². The highest BCUT2D eigenvalue weighted by Gasteiger charge is 2.05. The lowest BCUT2D eigenvalue weighted by molar-refractivity contribution is 1.06. The van der Waals surface area contributed by atoms with Crippen LogP contribution in [0, 0.1) is 0 Å². The summed E-state index contributed by atoms with van der Waals surface area (Å²) in [5, 5.41) is 8.19. The molecule has 0 fully saturated rings. The number of nitrogens with zero attached hydrogens (tertiary/aromatic N) is 3. The second-order valence-electron chi connectivity index (χ2n) is 2.69. The third kappa shape index (κ3) is 2.34. The molecule has 2 rings (SSSR count). The first kappa shape index (κ1) is 12.1. The minimum atomic E-state index is 0. The van der Waals surface area contributed by atoms with Gasteiger partial charge in [0.25, 0.3) is 0 Å². The number of aromatic nitrogens is 3. The van der Waals surface area contributed by atoms with Crippen molar-refractivity contribution in [3.05, 3.63) is 34.8 Å². The third-order valence-electron chi connectivity index (χ3n) is 1.78. The average molecular weight is 266 g/mol. The average Bonchev–Trinajstić information content (AvgIpc) is 2.66. The zero-order valence-corrected chi connectivity index (χ0v) is 9.72. The van der Waals surface area contributed by atoms with E-state index in [2.05, 4.69) is 10.2 Å². The Balaban J connectivity index is 0.00000112. The van der Waals surface area contributed by atoms with Crippen molar-refractivity contribution in [1.29, 1.82) is 0 Å². The van der Waals surface area contributed by atoms with Crippen LogP contribution in [-0.2, 0) is 0 Å². The monoisotopic (exact) mass is 264 g/mol. The van der Waals surface area contributed by atoms with Gasteiger partial charge in [0.2, 0.25) is 0 Å². The second kappa shape index (κ2) is 4.70. The van der Waals surface area contributed by atoms with Gasteiger partial charge in [-0.15, -0.1) is 22.6 Å². The standard InChI is InChI=1S/C8H6Cl2N4.ClH/c9-6-1-5(2-7(10)8(6)11)14-3-12-13-4-14;/h1-4H,11H2;1H.